The average Bonchev–Trinajstić information content (AvgIpc) is 2.55. The summed E-state index contributed by atoms with van der Waals surface area (Å²) < 4.78 is 0. The molecule has 1 heterocycles. The maximum absolute atomic E-state index is 4.89. The van der Waals surface area contributed by atoms with E-state index in [9.17, 15) is 0 Å². The number of aryl methyl sites for hydroxylation is 2. The van der Waals surface area contributed by atoms with Gasteiger partial charge in [-0.2, -0.15) is 0 Å². The van der Waals surface area contributed by atoms with Gasteiger partial charge in [0.25, 0.3) is 0 Å². The molecule has 0 unspecified atom stereocenters. The summed E-state index contributed by atoms with van der Waals surface area (Å²) in [6.07, 6.45) is 0. The van der Waals surface area contributed by atoms with Gasteiger partial charge >= 0.3 is 0 Å². The van der Waals surface area contributed by atoms with Gasteiger partial charge in [0.2, 0.25) is 0 Å². The highest BCUT2D eigenvalue weighted by Crippen LogP contribution is 2.28. The summed E-state index contributed by atoms with van der Waals surface area (Å²) in [5.74, 6) is 0. The number of aromatic nitrogens is 1. The minimum absolute atomic E-state index is 1.01. The second-order valence-electron chi connectivity index (χ2n) is 6.22. The van der Waals surface area contributed by atoms with Crippen molar-refractivity contribution in [2.24, 2.45) is 0 Å². The molecule has 0 saturated heterocycles. The summed E-state index contributed by atoms with van der Waals surface area (Å²) in [4.78, 5) is 7.01. The van der Waals surface area contributed by atoms with E-state index in [-0.39, 0.29) is 0 Å². The van der Waals surface area contributed by atoms with Crippen LogP contribution < -0.4 is 4.90 Å². The number of nitrogens with zero attached hydrogens (tertiary/aromatic N) is 2. The fraction of sp³-hybridized carbons (Fsp3) is 0.190. The molecule has 2 nitrogen and oxygen atoms in total. The van der Waals surface area contributed by atoms with Crippen LogP contribution in [0.4, 0.5) is 5.69 Å². The Bertz CT molecular complexity index is 737. The van der Waals surface area contributed by atoms with Gasteiger partial charge in [-0.25, -0.2) is 4.98 Å². The lowest BCUT2D eigenvalue weighted by molar-refractivity contribution is 1.12. The second-order valence-corrected chi connectivity index (χ2v) is 6.22. The minimum atomic E-state index is 1.01. The third-order valence-electron chi connectivity index (χ3n) is 4.02. The molecule has 0 spiro atoms. The standard InChI is InChI=1S/C21H22N2/c1-15-5-9-17(10-6-15)20-13-19(23(3)4)14-21(22-20)18-11-7-16(2)8-12-18/h5-14H,1-4H3. The molecule has 2 aromatic carbocycles. The van der Waals surface area contributed by atoms with Crippen LogP contribution in [0, 0.1) is 13.8 Å². The molecule has 0 aliphatic heterocycles. The number of hydrogen-bond donors (Lipinski definition) is 0. The molecule has 116 valence electrons. The SMILES string of the molecule is Cc1ccc(-c2cc(N(C)C)cc(-c3ccc(C)cc3)n2)cc1. The van der Waals surface area contributed by atoms with Crippen molar-refractivity contribution in [2.45, 2.75) is 13.8 Å². The van der Waals surface area contributed by atoms with E-state index in [1.165, 1.54) is 11.1 Å². The van der Waals surface area contributed by atoms with Gasteiger partial charge in [-0.05, 0) is 26.0 Å². The number of anilines is 1. The van der Waals surface area contributed by atoms with Crippen molar-refractivity contribution < 1.29 is 0 Å². The van der Waals surface area contributed by atoms with E-state index in [0.717, 1.165) is 28.2 Å². The Morgan fingerprint density at radius 2 is 1.04 bits per heavy atom. The maximum atomic E-state index is 4.89. The molecule has 0 amide bonds. The van der Waals surface area contributed by atoms with Crippen molar-refractivity contribution in [3.8, 4) is 22.5 Å². The van der Waals surface area contributed by atoms with Crippen molar-refractivity contribution in [1.82, 2.24) is 4.98 Å². The molecule has 3 aromatic rings. The van der Waals surface area contributed by atoms with Crippen LogP contribution in [0.25, 0.3) is 22.5 Å². The molecule has 0 radical (unpaired) electrons. The largest absolute Gasteiger partial charge is 0.378 e. The van der Waals surface area contributed by atoms with Crippen LogP contribution in [-0.2, 0) is 0 Å². The Balaban J connectivity index is 2.13. The predicted molar refractivity (Wildman–Crippen MR) is 98.9 cm³/mol. The van der Waals surface area contributed by atoms with Gasteiger partial charge in [-0.15, -0.1) is 0 Å². The molecule has 23 heavy (non-hydrogen) atoms. The topological polar surface area (TPSA) is 16.1 Å². The van der Waals surface area contributed by atoms with Gasteiger partial charge in [0, 0.05) is 30.9 Å². The summed E-state index contributed by atoms with van der Waals surface area (Å²) in [7, 11) is 4.13. The molecule has 0 aliphatic carbocycles. The number of pyridine rings is 1. The highest BCUT2D eigenvalue weighted by molar-refractivity contribution is 5.72. The Morgan fingerprint density at radius 1 is 0.652 bits per heavy atom. The Hall–Kier alpha value is -2.61. The third kappa shape index (κ3) is 3.42. The molecule has 2 heteroatoms. The fourth-order valence-electron chi connectivity index (χ4n) is 2.52. The number of rotatable bonds is 3. The van der Waals surface area contributed by atoms with Crippen LogP contribution in [0.3, 0.4) is 0 Å². The first-order valence-corrected chi connectivity index (χ1v) is 7.86. The van der Waals surface area contributed by atoms with Gasteiger partial charge in [0.15, 0.2) is 0 Å². The Labute approximate surface area is 138 Å². The van der Waals surface area contributed by atoms with Gasteiger partial charge in [-0.1, -0.05) is 59.7 Å². The summed E-state index contributed by atoms with van der Waals surface area (Å²) in [6, 6.07) is 21.3. The van der Waals surface area contributed by atoms with Gasteiger partial charge in [-0.3, -0.25) is 0 Å². The van der Waals surface area contributed by atoms with E-state index in [4.69, 9.17) is 4.98 Å². The van der Waals surface area contributed by atoms with E-state index < -0.39 is 0 Å². The van der Waals surface area contributed by atoms with Crippen LogP contribution in [0.5, 0.6) is 0 Å². The first kappa shape index (κ1) is 15.3. The number of hydrogen-bond acceptors (Lipinski definition) is 2. The normalized spacial score (nSPS) is 10.6. The van der Waals surface area contributed by atoms with E-state index >= 15 is 0 Å². The van der Waals surface area contributed by atoms with Crippen molar-refractivity contribution in [3.63, 3.8) is 0 Å². The first-order chi connectivity index (χ1) is 11.0. The van der Waals surface area contributed by atoms with Gasteiger partial charge in [0.1, 0.15) is 0 Å². The van der Waals surface area contributed by atoms with Crippen LogP contribution in [0.15, 0.2) is 60.7 Å². The lowest BCUT2D eigenvalue weighted by Gasteiger charge is -2.16. The van der Waals surface area contributed by atoms with E-state index in [1.54, 1.807) is 0 Å². The smallest absolute Gasteiger partial charge is 0.0730 e. The predicted octanol–water partition coefficient (Wildman–Crippen LogP) is 5.10. The molecule has 0 atom stereocenters. The summed E-state index contributed by atoms with van der Waals surface area (Å²) in [6.45, 7) is 4.20. The first-order valence-electron chi connectivity index (χ1n) is 7.86. The van der Waals surface area contributed by atoms with E-state index in [2.05, 4.69) is 93.5 Å². The molecule has 0 fully saturated rings. The Morgan fingerprint density at radius 3 is 1.39 bits per heavy atom. The van der Waals surface area contributed by atoms with Crippen molar-refractivity contribution >= 4 is 5.69 Å². The highest BCUT2D eigenvalue weighted by atomic mass is 15.1. The monoisotopic (exact) mass is 302 g/mol. The molecule has 1 aromatic heterocycles. The van der Waals surface area contributed by atoms with Crippen LogP contribution in [-0.4, -0.2) is 19.1 Å². The van der Waals surface area contributed by atoms with E-state index in [0.29, 0.717) is 0 Å². The summed E-state index contributed by atoms with van der Waals surface area (Å²) in [5, 5.41) is 0. The zero-order valence-electron chi connectivity index (χ0n) is 14.2. The average molecular weight is 302 g/mol. The van der Waals surface area contributed by atoms with Crippen molar-refractivity contribution in [1.29, 1.82) is 0 Å². The van der Waals surface area contributed by atoms with Crippen LogP contribution in [0.1, 0.15) is 11.1 Å². The van der Waals surface area contributed by atoms with Crippen LogP contribution in [0.2, 0.25) is 0 Å². The van der Waals surface area contributed by atoms with Gasteiger partial charge in [0.05, 0.1) is 11.4 Å². The summed E-state index contributed by atoms with van der Waals surface area (Å²) >= 11 is 0. The lowest BCUT2D eigenvalue weighted by Crippen LogP contribution is -2.09. The maximum Gasteiger partial charge on any atom is 0.0730 e. The quantitative estimate of drug-likeness (QED) is 0.669. The highest BCUT2D eigenvalue weighted by Gasteiger charge is 2.08. The van der Waals surface area contributed by atoms with Gasteiger partial charge < -0.3 is 4.90 Å². The van der Waals surface area contributed by atoms with Crippen molar-refractivity contribution in [3.05, 3.63) is 71.8 Å². The molecular formula is C21H22N2. The van der Waals surface area contributed by atoms with E-state index in [1.807, 2.05) is 0 Å². The molecule has 0 aliphatic rings. The molecular weight excluding hydrogens is 280 g/mol. The van der Waals surface area contributed by atoms with Crippen LogP contribution >= 0.6 is 0 Å². The zero-order valence-corrected chi connectivity index (χ0v) is 14.2. The molecule has 0 saturated carbocycles. The minimum Gasteiger partial charge on any atom is -0.378 e. The molecule has 0 bridgehead atoms. The fourth-order valence-corrected chi connectivity index (χ4v) is 2.52. The lowest BCUT2D eigenvalue weighted by atomic mass is 10.0. The number of benzene rings is 2. The zero-order chi connectivity index (χ0) is 16.4. The molecule has 3 rings (SSSR count). The Kier molecular flexibility index (Phi) is 4.16. The third-order valence-corrected chi connectivity index (χ3v) is 4.02. The second kappa shape index (κ2) is 6.25. The molecule has 0 N–H and O–H groups in total. The van der Waals surface area contributed by atoms with Crippen molar-refractivity contribution in [2.75, 3.05) is 19.0 Å². The summed E-state index contributed by atoms with van der Waals surface area (Å²) in [5.41, 5.74) is 7.98.